The molecule has 0 aliphatic carbocycles. The van der Waals surface area contributed by atoms with Gasteiger partial charge in [-0.2, -0.15) is 13.2 Å². The molecule has 0 amide bonds. The molecule has 0 aliphatic rings. The molecule has 4 nitrogen and oxygen atoms in total. The van der Waals surface area contributed by atoms with Gasteiger partial charge < -0.3 is 9.30 Å². The molecule has 2 aromatic heterocycles. The number of aryl methyl sites for hydroxylation is 1. The van der Waals surface area contributed by atoms with Crippen molar-refractivity contribution in [3.63, 3.8) is 0 Å². The molecule has 2 aromatic rings. The summed E-state index contributed by atoms with van der Waals surface area (Å²) in [5, 5.41) is 0. The molecule has 0 bridgehead atoms. The van der Waals surface area contributed by atoms with Gasteiger partial charge in [-0.15, -0.1) is 0 Å². The Labute approximate surface area is 101 Å². The average molecular weight is 257 g/mol. The van der Waals surface area contributed by atoms with Crippen LogP contribution in [0.3, 0.4) is 0 Å². The minimum atomic E-state index is -4.44. The Bertz CT molecular complexity index is 536. The zero-order valence-corrected chi connectivity index (χ0v) is 9.48. The Morgan fingerprint density at radius 3 is 2.78 bits per heavy atom. The van der Waals surface area contributed by atoms with E-state index >= 15 is 0 Å². The molecule has 0 atom stereocenters. The summed E-state index contributed by atoms with van der Waals surface area (Å²) in [6.45, 7) is 0.0329. The van der Waals surface area contributed by atoms with E-state index in [2.05, 4.69) is 9.97 Å². The lowest BCUT2D eigenvalue weighted by molar-refractivity contribution is -0.141. The average Bonchev–Trinajstić information content (AvgIpc) is 2.72. The monoisotopic (exact) mass is 257 g/mol. The van der Waals surface area contributed by atoms with Gasteiger partial charge >= 0.3 is 6.18 Å². The first-order chi connectivity index (χ1) is 8.47. The normalized spacial score (nSPS) is 11.6. The van der Waals surface area contributed by atoms with Gasteiger partial charge in [0.2, 0.25) is 5.88 Å². The minimum Gasteiger partial charge on any atom is -0.473 e. The summed E-state index contributed by atoms with van der Waals surface area (Å²) in [4.78, 5) is 7.11. The highest BCUT2D eigenvalue weighted by atomic mass is 19.4. The number of rotatable bonds is 3. The molecule has 18 heavy (non-hydrogen) atoms. The number of nitrogens with zero attached hydrogens (tertiary/aromatic N) is 3. The maximum Gasteiger partial charge on any atom is 0.433 e. The van der Waals surface area contributed by atoms with Crippen LogP contribution in [0.25, 0.3) is 0 Å². The molecule has 0 N–H and O–H groups in total. The maximum atomic E-state index is 12.4. The highest BCUT2D eigenvalue weighted by molar-refractivity contribution is 5.18. The molecule has 7 heteroatoms. The van der Waals surface area contributed by atoms with E-state index in [0.29, 0.717) is 11.4 Å². The second-order valence-electron chi connectivity index (χ2n) is 3.68. The lowest BCUT2D eigenvalue weighted by atomic mass is 10.2. The van der Waals surface area contributed by atoms with Crippen LogP contribution in [0.2, 0.25) is 0 Å². The van der Waals surface area contributed by atoms with Gasteiger partial charge in [0.05, 0.1) is 12.5 Å². The molecular formula is C11H10F3N3O. The fourth-order valence-corrected chi connectivity index (χ4v) is 1.36. The number of halogens is 3. The van der Waals surface area contributed by atoms with Crippen molar-refractivity contribution in [1.82, 2.24) is 14.5 Å². The fraction of sp³-hybridized carbons (Fsp3) is 0.273. The van der Waals surface area contributed by atoms with Crippen LogP contribution in [0.4, 0.5) is 13.2 Å². The summed E-state index contributed by atoms with van der Waals surface area (Å²) in [7, 11) is 1.73. The molecule has 0 spiro atoms. The van der Waals surface area contributed by atoms with Crippen LogP contribution in [0.15, 0.2) is 30.9 Å². The van der Waals surface area contributed by atoms with Crippen molar-refractivity contribution in [3.05, 3.63) is 42.1 Å². The van der Waals surface area contributed by atoms with Crippen molar-refractivity contribution in [2.45, 2.75) is 12.8 Å². The third-order valence-corrected chi connectivity index (χ3v) is 2.27. The molecule has 0 fully saturated rings. The first kappa shape index (κ1) is 12.4. The van der Waals surface area contributed by atoms with Gasteiger partial charge in [0.15, 0.2) is 0 Å². The van der Waals surface area contributed by atoms with Gasteiger partial charge in [-0.1, -0.05) is 0 Å². The third kappa shape index (κ3) is 2.79. The van der Waals surface area contributed by atoms with Crippen LogP contribution in [0.1, 0.15) is 11.3 Å². The van der Waals surface area contributed by atoms with Crippen molar-refractivity contribution in [2.75, 3.05) is 0 Å². The van der Waals surface area contributed by atoms with E-state index in [1.807, 2.05) is 0 Å². The van der Waals surface area contributed by atoms with Gasteiger partial charge in [0.25, 0.3) is 0 Å². The SMILES string of the molecule is Cn1cncc1OCc1ccnc(C(F)(F)F)c1. The van der Waals surface area contributed by atoms with E-state index in [4.69, 9.17) is 4.74 Å². The topological polar surface area (TPSA) is 39.9 Å². The van der Waals surface area contributed by atoms with Crippen LogP contribution in [0, 0.1) is 0 Å². The molecule has 0 unspecified atom stereocenters. The summed E-state index contributed by atoms with van der Waals surface area (Å²) < 4.78 is 44.3. The quantitative estimate of drug-likeness (QED) is 0.847. The summed E-state index contributed by atoms with van der Waals surface area (Å²) in [5.74, 6) is 0.486. The Kier molecular flexibility index (Phi) is 3.22. The first-order valence-corrected chi connectivity index (χ1v) is 5.08. The number of hydrogen-bond donors (Lipinski definition) is 0. The van der Waals surface area contributed by atoms with Crippen LogP contribution in [0.5, 0.6) is 5.88 Å². The predicted molar refractivity (Wildman–Crippen MR) is 56.8 cm³/mol. The number of hydrogen-bond acceptors (Lipinski definition) is 3. The lowest BCUT2D eigenvalue weighted by Gasteiger charge is -2.09. The summed E-state index contributed by atoms with van der Waals surface area (Å²) in [6, 6.07) is 2.45. The van der Waals surface area contributed by atoms with E-state index in [0.717, 1.165) is 12.3 Å². The van der Waals surface area contributed by atoms with E-state index in [1.165, 1.54) is 12.3 Å². The number of imidazole rings is 1. The van der Waals surface area contributed by atoms with E-state index in [1.54, 1.807) is 17.9 Å². The minimum absolute atomic E-state index is 0.0329. The molecule has 0 saturated heterocycles. The highest BCUT2D eigenvalue weighted by Crippen LogP contribution is 2.27. The van der Waals surface area contributed by atoms with E-state index < -0.39 is 11.9 Å². The van der Waals surface area contributed by atoms with Crippen LogP contribution in [-0.4, -0.2) is 14.5 Å². The number of aromatic nitrogens is 3. The van der Waals surface area contributed by atoms with Crippen molar-refractivity contribution in [3.8, 4) is 5.88 Å². The van der Waals surface area contributed by atoms with Crippen LogP contribution in [-0.2, 0) is 19.8 Å². The van der Waals surface area contributed by atoms with Gasteiger partial charge in [-0.3, -0.25) is 4.98 Å². The highest BCUT2D eigenvalue weighted by Gasteiger charge is 2.32. The molecule has 0 aromatic carbocycles. The number of ether oxygens (including phenoxy) is 1. The summed E-state index contributed by atoms with van der Waals surface area (Å²) >= 11 is 0. The van der Waals surface area contributed by atoms with Crippen LogP contribution >= 0.6 is 0 Å². The van der Waals surface area contributed by atoms with E-state index in [9.17, 15) is 13.2 Å². The van der Waals surface area contributed by atoms with Gasteiger partial charge in [-0.05, 0) is 17.7 Å². The van der Waals surface area contributed by atoms with E-state index in [-0.39, 0.29) is 6.61 Å². The molecule has 0 saturated carbocycles. The maximum absolute atomic E-state index is 12.4. The Hall–Kier alpha value is -2.05. The van der Waals surface area contributed by atoms with Crippen molar-refractivity contribution in [1.29, 1.82) is 0 Å². The van der Waals surface area contributed by atoms with Gasteiger partial charge in [0, 0.05) is 13.2 Å². The smallest absolute Gasteiger partial charge is 0.433 e. The molecule has 96 valence electrons. The Morgan fingerprint density at radius 1 is 1.39 bits per heavy atom. The second kappa shape index (κ2) is 4.67. The van der Waals surface area contributed by atoms with Gasteiger partial charge in [-0.25, -0.2) is 4.98 Å². The predicted octanol–water partition coefficient (Wildman–Crippen LogP) is 2.41. The van der Waals surface area contributed by atoms with Crippen LogP contribution < -0.4 is 4.74 Å². The summed E-state index contributed by atoms with van der Waals surface area (Å²) in [6.07, 6.45) is -0.289. The molecule has 0 radical (unpaired) electrons. The summed E-state index contributed by atoms with van der Waals surface area (Å²) in [5.41, 5.74) is -0.521. The zero-order chi connectivity index (χ0) is 13.2. The Balaban J connectivity index is 2.09. The number of alkyl halides is 3. The van der Waals surface area contributed by atoms with Crippen molar-refractivity contribution >= 4 is 0 Å². The second-order valence-corrected chi connectivity index (χ2v) is 3.68. The molecular weight excluding hydrogens is 247 g/mol. The van der Waals surface area contributed by atoms with Crippen molar-refractivity contribution in [2.24, 2.45) is 7.05 Å². The van der Waals surface area contributed by atoms with Crippen molar-refractivity contribution < 1.29 is 17.9 Å². The molecule has 2 heterocycles. The largest absolute Gasteiger partial charge is 0.473 e. The standard InChI is InChI=1S/C11H10F3N3O/c1-17-7-15-5-10(17)18-6-8-2-3-16-9(4-8)11(12,13)14/h2-5,7H,6H2,1H3. The molecule has 2 rings (SSSR count). The fourth-order valence-electron chi connectivity index (χ4n) is 1.36. The lowest BCUT2D eigenvalue weighted by Crippen LogP contribution is -2.09. The Morgan fingerprint density at radius 2 is 2.17 bits per heavy atom. The third-order valence-electron chi connectivity index (χ3n) is 2.27. The van der Waals surface area contributed by atoms with Gasteiger partial charge in [0.1, 0.15) is 12.3 Å². The number of pyridine rings is 1. The zero-order valence-electron chi connectivity index (χ0n) is 9.48. The molecule has 0 aliphatic heterocycles. The first-order valence-electron chi connectivity index (χ1n) is 5.08.